The maximum absolute atomic E-state index is 6.19. The average molecular weight is 369 g/mol. The van der Waals surface area contributed by atoms with E-state index in [0.717, 1.165) is 13.0 Å². The Hall–Kier alpha value is -1.38. The minimum absolute atomic E-state index is 0.544. The summed E-state index contributed by atoms with van der Waals surface area (Å²) >= 11 is 0. The van der Waals surface area contributed by atoms with Crippen molar-refractivity contribution in [1.29, 1.82) is 0 Å². The van der Waals surface area contributed by atoms with Crippen LogP contribution in [0.5, 0.6) is 0 Å². The highest BCUT2D eigenvalue weighted by atomic mass is 28.4. The second-order valence-corrected chi connectivity index (χ2v) is 12.4. The van der Waals surface area contributed by atoms with Crippen LogP contribution < -0.4 is 0 Å². The van der Waals surface area contributed by atoms with Gasteiger partial charge >= 0.3 is 0 Å². The predicted octanol–water partition coefficient (Wildman–Crippen LogP) is 7.39. The van der Waals surface area contributed by atoms with Crippen molar-refractivity contribution in [2.45, 2.75) is 65.1 Å². The van der Waals surface area contributed by atoms with Crippen molar-refractivity contribution in [3.05, 3.63) is 65.8 Å². The molecular weight excluding hydrogens is 332 g/mol. The summed E-state index contributed by atoms with van der Waals surface area (Å²) < 4.78 is 6.19. The first-order valence-corrected chi connectivity index (χ1v) is 13.4. The fourth-order valence-electron chi connectivity index (χ4n) is 3.34. The number of rotatable bonds is 10. The Morgan fingerprint density at radius 3 is 2.35 bits per heavy atom. The highest BCUT2D eigenvalue weighted by Crippen LogP contribution is 2.29. The second kappa shape index (κ2) is 10.7. The summed E-state index contributed by atoms with van der Waals surface area (Å²) in [6.07, 6.45) is 15.3. The van der Waals surface area contributed by atoms with Crippen LogP contribution >= 0.6 is 0 Å². The molecule has 0 radical (unpaired) electrons. The lowest BCUT2D eigenvalue weighted by atomic mass is 9.91. The summed E-state index contributed by atoms with van der Waals surface area (Å²) in [7, 11) is -1.48. The van der Waals surface area contributed by atoms with Gasteiger partial charge in [0, 0.05) is 6.61 Å². The minimum atomic E-state index is -1.48. The second-order valence-electron chi connectivity index (χ2n) is 8.05. The van der Waals surface area contributed by atoms with Crippen LogP contribution in [-0.4, -0.2) is 14.9 Å². The Kier molecular flexibility index (Phi) is 8.60. The molecule has 0 aliphatic heterocycles. The average Bonchev–Trinajstić information content (AvgIpc) is 2.64. The zero-order valence-electron chi connectivity index (χ0n) is 17.1. The Labute approximate surface area is 162 Å². The van der Waals surface area contributed by atoms with Crippen LogP contribution in [0.1, 0.15) is 51.5 Å². The largest absolute Gasteiger partial charge is 0.417 e. The molecular formula is C24H36OSi. The van der Waals surface area contributed by atoms with Crippen molar-refractivity contribution in [1.82, 2.24) is 0 Å². The fourth-order valence-corrected chi connectivity index (χ4v) is 5.29. The molecule has 0 heterocycles. The van der Waals surface area contributed by atoms with Crippen molar-refractivity contribution < 1.29 is 4.43 Å². The predicted molar refractivity (Wildman–Crippen MR) is 118 cm³/mol. The molecule has 0 amide bonds. The first-order chi connectivity index (χ1) is 12.5. The molecule has 1 aromatic rings. The molecule has 0 N–H and O–H groups in total. The third-order valence-corrected chi connectivity index (χ3v) is 7.62. The number of benzene rings is 1. The molecule has 1 aliphatic carbocycles. The van der Waals surface area contributed by atoms with E-state index in [0.29, 0.717) is 5.92 Å². The summed E-state index contributed by atoms with van der Waals surface area (Å²) in [6.45, 7) is 10.1. The smallest absolute Gasteiger partial charge is 0.186 e. The molecule has 0 saturated carbocycles. The summed E-state index contributed by atoms with van der Waals surface area (Å²) in [5, 5.41) is 0. The summed E-state index contributed by atoms with van der Waals surface area (Å²) in [6, 6.07) is 12.1. The lowest BCUT2D eigenvalue weighted by Crippen LogP contribution is -2.30. The molecule has 0 unspecified atom stereocenters. The third kappa shape index (κ3) is 7.09. The molecule has 1 nitrogen and oxygen atoms in total. The molecule has 2 heteroatoms. The maximum atomic E-state index is 6.19. The van der Waals surface area contributed by atoms with E-state index in [1.54, 1.807) is 0 Å². The summed E-state index contributed by atoms with van der Waals surface area (Å²) in [4.78, 5) is 0. The molecule has 0 aromatic heterocycles. The van der Waals surface area contributed by atoms with Crippen LogP contribution in [-0.2, 0) is 4.43 Å². The van der Waals surface area contributed by atoms with E-state index < -0.39 is 8.32 Å². The van der Waals surface area contributed by atoms with E-state index in [1.807, 2.05) is 0 Å². The van der Waals surface area contributed by atoms with Crippen LogP contribution in [0.15, 0.2) is 60.2 Å². The van der Waals surface area contributed by atoms with Gasteiger partial charge in [-0.1, -0.05) is 81.3 Å². The van der Waals surface area contributed by atoms with Gasteiger partial charge in [0.15, 0.2) is 8.32 Å². The van der Waals surface area contributed by atoms with Gasteiger partial charge < -0.3 is 4.43 Å². The molecule has 0 bridgehead atoms. The van der Waals surface area contributed by atoms with Crippen LogP contribution in [0.2, 0.25) is 19.1 Å². The SMILES string of the molecule is CCCCO[Si](C)(C)CCCCC(=C1C=CC(C)C=C1)c1ccccc1. The number of hydrogen-bond donors (Lipinski definition) is 0. The van der Waals surface area contributed by atoms with Crippen molar-refractivity contribution in [2.24, 2.45) is 5.92 Å². The summed E-state index contributed by atoms with van der Waals surface area (Å²) in [5.74, 6) is 0.544. The highest BCUT2D eigenvalue weighted by Gasteiger charge is 2.21. The Morgan fingerprint density at radius 1 is 1.00 bits per heavy atom. The van der Waals surface area contributed by atoms with E-state index in [2.05, 4.69) is 81.6 Å². The fraction of sp³-hybridized carbons (Fsp3) is 0.500. The van der Waals surface area contributed by atoms with Gasteiger partial charge in [-0.25, -0.2) is 0 Å². The minimum Gasteiger partial charge on any atom is -0.417 e. The van der Waals surface area contributed by atoms with Crippen molar-refractivity contribution in [3.63, 3.8) is 0 Å². The highest BCUT2D eigenvalue weighted by molar-refractivity contribution is 6.71. The standard InChI is InChI=1S/C24H36OSi/c1-5-6-19-25-26(3,4)20-11-10-14-24(22-12-8-7-9-13-22)23-17-15-21(2)16-18-23/h7-9,12-13,15-18,21H,5-6,10-11,14,19-20H2,1-4H3. The molecule has 1 aliphatic rings. The van der Waals surface area contributed by atoms with Gasteiger partial charge in [0.25, 0.3) is 0 Å². The lowest BCUT2D eigenvalue weighted by Gasteiger charge is -2.23. The van der Waals surface area contributed by atoms with Crippen LogP contribution in [0.3, 0.4) is 0 Å². The van der Waals surface area contributed by atoms with Crippen LogP contribution in [0, 0.1) is 5.92 Å². The van der Waals surface area contributed by atoms with Crippen molar-refractivity contribution >= 4 is 13.9 Å². The quantitative estimate of drug-likeness (QED) is 0.309. The Bertz CT molecular complexity index is 609. The van der Waals surface area contributed by atoms with Crippen molar-refractivity contribution in [2.75, 3.05) is 6.61 Å². The van der Waals surface area contributed by atoms with E-state index in [9.17, 15) is 0 Å². The molecule has 2 rings (SSSR count). The van der Waals surface area contributed by atoms with E-state index in [-0.39, 0.29) is 0 Å². The topological polar surface area (TPSA) is 9.23 Å². The van der Waals surface area contributed by atoms with Gasteiger partial charge in [0.1, 0.15) is 0 Å². The van der Waals surface area contributed by atoms with Crippen molar-refractivity contribution in [3.8, 4) is 0 Å². The van der Waals surface area contributed by atoms with E-state index in [1.165, 1.54) is 48.4 Å². The molecule has 0 spiro atoms. The molecule has 0 fully saturated rings. The van der Waals surface area contributed by atoms with Gasteiger partial charge in [-0.2, -0.15) is 0 Å². The van der Waals surface area contributed by atoms with Crippen LogP contribution in [0.4, 0.5) is 0 Å². The molecule has 142 valence electrons. The molecule has 26 heavy (non-hydrogen) atoms. The van der Waals surface area contributed by atoms with Gasteiger partial charge in [0.2, 0.25) is 0 Å². The Balaban J connectivity index is 1.96. The molecule has 0 saturated heterocycles. The lowest BCUT2D eigenvalue weighted by molar-refractivity contribution is 0.297. The molecule has 1 aromatic carbocycles. The van der Waals surface area contributed by atoms with Gasteiger partial charge in [-0.05, 0) is 61.0 Å². The van der Waals surface area contributed by atoms with Gasteiger partial charge in [0.05, 0.1) is 0 Å². The van der Waals surface area contributed by atoms with E-state index in [4.69, 9.17) is 4.43 Å². The normalized spacial score (nSPS) is 16.9. The number of hydrogen-bond acceptors (Lipinski definition) is 1. The van der Waals surface area contributed by atoms with E-state index >= 15 is 0 Å². The number of allylic oxidation sites excluding steroid dienone is 6. The third-order valence-electron chi connectivity index (χ3n) is 5.08. The first kappa shape index (κ1) is 20.9. The first-order valence-electron chi connectivity index (χ1n) is 10.3. The monoisotopic (exact) mass is 368 g/mol. The molecule has 0 atom stereocenters. The maximum Gasteiger partial charge on any atom is 0.186 e. The van der Waals surface area contributed by atoms with Gasteiger partial charge in [-0.15, -0.1) is 0 Å². The zero-order valence-corrected chi connectivity index (χ0v) is 18.1. The summed E-state index contributed by atoms with van der Waals surface area (Å²) in [5.41, 5.74) is 4.23. The zero-order chi connectivity index (χ0) is 18.8. The van der Waals surface area contributed by atoms with Gasteiger partial charge in [-0.3, -0.25) is 0 Å². The van der Waals surface area contributed by atoms with Crippen LogP contribution in [0.25, 0.3) is 5.57 Å². The Morgan fingerprint density at radius 2 is 1.69 bits per heavy atom. The number of unbranched alkanes of at least 4 members (excludes halogenated alkanes) is 2.